The minimum Gasteiger partial charge on any atom is -0.476 e. The van der Waals surface area contributed by atoms with Gasteiger partial charge in [0.2, 0.25) is 0 Å². The minimum absolute atomic E-state index is 0.0428. The van der Waals surface area contributed by atoms with Crippen LogP contribution in [0.3, 0.4) is 0 Å². The van der Waals surface area contributed by atoms with E-state index < -0.39 is 17.6 Å². The Morgan fingerprint density at radius 1 is 1.47 bits per heavy atom. The van der Waals surface area contributed by atoms with Crippen LogP contribution in [-0.4, -0.2) is 20.9 Å². The molecule has 0 saturated carbocycles. The Morgan fingerprint density at radius 2 is 2.16 bits per heavy atom. The van der Waals surface area contributed by atoms with E-state index in [1.54, 1.807) is 6.92 Å². The number of carboxylic acids is 1. The highest BCUT2D eigenvalue weighted by molar-refractivity contribution is 6.34. The fourth-order valence-corrected chi connectivity index (χ4v) is 2.01. The number of aromatic carboxylic acids is 1. The topological polar surface area (TPSA) is 55.1 Å². The SMILES string of the molecule is CCc1nn(-c2ccc(F)cc2F)c(C(=O)O)c1Cl. The highest BCUT2D eigenvalue weighted by atomic mass is 35.5. The summed E-state index contributed by atoms with van der Waals surface area (Å²) in [6, 6.07) is 2.79. The van der Waals surface area contributed by atoms with Gasteiger partial charge in [0.25, 0.3) is 0 Å². The molecule has 0 atom stereocenters. The van der Waals surface area contributed by atoms with E-state index in [9.17, 15) is 13.6 Å². The Hall–Kier alpha value is -1.95. The first-order chi connectivity index (χ1) is 8.95. The molecule has 1 aromatic heterocycles. The number of benzene rings is 1. The smallest absolute Gasteiger partial charge is 0.356 e. The van der Waals surface area contributed by atoms with Crippen LogP contribution in [-0.2, 0) is 6.42 Å². The minimum atomic E-state index is -1.33. The van der Waals surface area contributed by atoms with Crippen LogP contribution in [0, 0.1) is 11.6 Å². The summed E-state index contributed by atoms with van der Waals surface area (Å²) in [5.74, 6) is -3.00. The van der Waals surface area contributed by atoms with Crippen LogP contribution >= 0.6 is 11.6 Å². The van der Waals surface area contributed by atoms with Crippen molar-refractivity contribution in [3.05, 3.63) is 46.2 Å². The number of nitrogens with zero attached hydrogens (tertiary/aromatic N) is 2. The first-order valence-electron chi connectivity index (χ1n) is 5.41. The fraction of sp³-hybridized carbons (Fsp3) is 0.167. The maximum atomic E-state index is 13.7. The predicted molar refractivity (Wildman–Crippen MR) is 64.8 cm³/mol. The standard InChI is InChI=1S/C12H9ClF2N2O2/c1-2-8-10(13)11(12(18)19)17(16-8)9-4-3-6(14)5-7(9)15/h3-5H,2H2,1H3,(H,18,19). The third-order valence-electron chi connectivity index (χ3n) is 2.57. The molecule has 2 rings (SSSR count). The molecule has 4 nitrogen and oxygen atoms in total. The van der Waals surface area contributed by atoms with E-state index in [1.807, 2.05) is 0 Å². The Kier molecular flexibility index (Phi) is 3.53. The van der Waals surface area contributed by atoms with E-state index in [1.165, 1.54) is 0 Å². The first-order valence-corrected chi connectivity index (χ1v) is 5.79. The number of halogens is 3. The second kappa shape index (κ2) is 4.97. The molecule has 0 fully saturated rings. The lowest BCUT2D eigenvalue weighted by atomic mass is 10.2. The summed E-state index contributed by atoms with van der Waals surface area (Å²) in [7, 11) is 0. The van der Waals surface area contributed by atoms with Gasteiger partial charge in [0.1, 0.15) is 11.5 Å². The van der Waals surface area contributed by atoms with Gasteiger partial charge in [0.05, 0.1) is 10.7 Å². The molecular formula is C12H9ClF2N2O2. The van der Waals surface area contributed by atoms with Gasteiger partial charge in [-0.2, -0.15) is 5.10 Å². The number of aryl methyl sites for hydroxylation is 1. The van der Waals surface area contributed by atoms with E-state index >= 15 is 0 Å². The molecule has 0 aliphatic rings. The lowest BCUT2D eigenvalue weighted by Gasteiger charge is -2.05. The second-order valence-corrected chi connectivity index (χ2v) is 4.15. The largest absolute Gasteiger partial charge is 0.476 e. The van der Waals surface area contributed by atoms with E-state index in [2.05, 4.69) is 5.10 Å². The van der Waals surface area contributed by atoms with Crippen LogP contribution in [0.5, 0.6) is 0 Å². The summed E-state index contributed by atoms with van der Waals surface area (Å²) >= 11 is 5.90. The van der Waals surface area contributed by atoms with Crippen molar-refractivity contribution in [3.8, 4) is 5.69 Å². The number of hydrogen-bond donors (Lipinski definition) is 1. The van der Waals surface area contributed by atoms with Crippen molar-refractivity contribution in [1.82, 2.24) is 9.78 Å². The summed E-state index contributed by atoms with van der Waals surface area (Å²) in [5, 5.41) is 13.0. The van der Waals surface area contributed by atoms with Crippen LogP contribution in [0.25, 0.3) is 5.69 Å². The monoisotopic (exact) mass is 286 g/mol. The van der Waals surface area contributed by atoms with Gasteiger partial charge in [-0.15, -0.1) is 0 Å². The summed E-state index contributed by atoms with van der Waals surface area (Å²) in [6.07, 6.45) is 0.398. The molecular weight excluding hydrogens is 278 g/mol. The first kappa shape index (κ1) is 13.5. The number of rotatable bonds is 3. The molecule has 0 aliphatic carbocycles. The van der Waals surface area contributed by atoms with Crippen molar-refractivity contribution >= 4 is 17.6 Å². The number of aromatic nitrogens is 2. The van der Waals surface area contributed by atoms with Crippen molar-refractivity contribution in [1.29, 1.82) is 0 Å². The molecule has 1 aromatic carbocycles. The Labute approximate surface area is 112 Å². The molecule has 0 saturated heterocycles. The Bertz CT molecular complexity index is 655. The normalized spacial score (nSPS) is 10.7. The third kappa shape index (κ3) is 2.31. The maximum Gasteiger partial charge on any atom is 0.356 e. The van der Waals surface area contributed by atoms with Crippen molar-refractivity contribution in [3.63, 3.8) is 0 Å². The van der Waals surface area contributed by atoms with E-state index in [4.69, 9.17) is 16.7 Å². The van der Waals surface area contributed by atoms with Gasteiger partial charge < -0.3 is 5.11 Å². The van der Waals surface area contributed by atoms with Gasteiger partial charge >= 0.3 is 5.97 Å². The van der Waals surface area contributed by atoms with Gasteiger partial charge in [-0.05, 0) is 18.6 Å². The fourth-order valence-electron chi connectivity index (χ4n) is 1.68. The van der Waals surface area contributed by atoms with Gasteiger partial charge in [0, 0.05) is 6.07 Å². The molecule has 0 unspecified atom stereocenters. The molecule has 0 bridgehead atoms. The van der Waals surface area contributed by atoms with Gasteiger partial charge in [0.15, 0.2) is 11.5 Å². The summed E-state index contributed by atoms with van der Waals surface area (Å²) in [5.41, 5.74) is -0.174. The van der Waals surface area contributed by atoms with Crippen LogP contribution in [0.2, 0.25) is 5.02 Å². The van der Waals surface area contributed by atoms with Gasteiger partial charge in [-0.3, -0.25) is 0 Å². The van der Waals surface area contributed by atoms with Gasteiger partial charge in [-0.1, -0.05) is 18.5 Å². The molecule has 19 heavy (non-hydrogen) atoms. The number of carbonyl (C=O) groups is 1. The van der Waals surface area contributed by atoms with Gasteiger partial charge in [-0.25, -0.2) is 18.3 Å². The van der Waals surface area contributed by atoms with E-state index in [0.29, 0.717) is 18.2 Å². The van der Waals surface area contributed by atoms with Crippen LogP contribution in [0.1, 0.15) is 23.1 Å². The highest BCUT2D eigenvalue weighted by Gasteiger charge is 2.23. The summed E-state index contributed by atoms with van der Waals surface area (Å²) in [6.45, 7) is 1.74. The Balaban J connectivity index is 2.71. The molecule has 100 valence electrons. The molecule has 0 spiro atoms. The molecule has 1 heterocycles. The van der Waals surface area contributed by atoms with E-state index in [0.717, 1.165) is 16.8 Å². The summed E-state index contributed by atoms with van der Waals surface area (Å²) < 4.78 is 27.4. The van der Waals surface area contributed by atoms with Crippen LogP contribution in [0.4, 0.5) is 8.78 Å². The lowest BCUT2D eigenvalue weighted by molar-refractivity contribution is 0.0687. The number of carboxylic acid groups (broad SMARTS) is 1. The zero-order valence-electron chi connectivity index (χ0n) is 9.82. The number of hydrogen-bond acceptors (Lipinski definition) is 2. The average molecular weight is 287 g/mol. The molecule has 7 heteroatoms. The molecule has 0 amide bonds. The molecule has 2 aromatic rings. The molecule has 0 aliphatic heterocycles. The maximum absolute atomic E-state index is 13.7. The second-order valence-electron chi connectivity index (χ2n) is 3.78. The van der Waals surface area contributed by atoms with Crippen molar-refractivity contribution < 1.29 is 18.7 Å². The van der Waals surface area contributed by atoms with E-state index in [-0.39, 0.29) is 16.4 Å². The van der Waals surface area contributed by atoms with Crippen LogP contribution < -0.4 is 0 Å². The zero-order valence-corrected chi connectivity index (χ0v) is 10.6. The molecule has 1 N–H and O–H groups in total. The van der Waals surface area contributed by atoms with Crippen molar-refractivity contribution in [2.24, 2.45) is 0 Å². The average Bonchev–Trinajstić information content (AvgIpc) is 2.66. The lowest BCUT2D eigenvalue weighted by Crippen LogP contribution is -2.10. The Morgan fingerprint density at radius 3 is 2.68 bits per heavy atom. The quantitative estimate of drug-likeness (QED) is 0.943. The predicted octanol–water partition coefficient (Wildman–Crippen LogP) is 3.06. The molecule has 0 radical (unpaired) electrons. The van der Waals surface area contributed by atoms with Crippen molar-refractivity contribution in [2.75, 3.05) is 0 Å². The third-order valence-corrected chi connectivity index (χ3v) is 2.97. The van der Waals surface area contributed by atoms with Crippen molar-refractivity contribution in [2.45, 2.75) is 13.3 Å². The van der Waals surface area contributed by atoms with Crippen LogP contribution in [0.15, 0.2) is 18.2 Å². The summed E-state index contributed by atoms with van der Waals surface area (Å²) in [4.78, 5) is 11.2. The zero-order chi connectivity index (χ0) is 14.2. The highest BCUT2D eigenvalue weighted by Crippen LogP contribution is 2.25.